The van der Waals surface area contributed by atoms with Gasteiger partial charge in [0.2, 0.25) is 5.88 Å². The number of fused-ring (bicyclic) bond motifs is 3. The van der Waals surface area contributed by atoms with Gasteiger partial charge in [0.15, 0.2) is 12.4 Å². The van der Waals surface area contributed by atoms with Crippen LogP contribution in [0.2, 0.25) is 0 Å². The lowest BCUT2D eigenvalue weighted by atomic mass is 9.69. The van der Waals surface area contributed by atoms with Crippen molar-refractivity contribution in [2.45, 2.75) is 51.2 Å². The average molecular weight is 439 g/mol. The van der Waals surface area contributed by atoms with Crippen molar-refractivity contribution in [1.82, 2.24) is 19.7 Å². The van der Waals surface area contributed by atoms with E-state index in [1.165, 1.54) is 5.56 Å². The molecule has 0 amide bonds. The van der Waals surface area contributed by atoms with E-state index in [-0.39, 0.29) is 0 Å². The lowest BCUT2D eigenvalue weighted by Crippen LogP contribution is -2.39. The summed E-state index contributed by atoms with van der Waals surface area (Å²) < 4.78 is 8.09. The molecule has 33 heavy (non-hydrogen) atoms. The smallest absolute Gasteiger partial charge is 0.239 e. The molecule has 6 heteroatoms. The fourth-order valence-electron chi connectivity index (χ4n) is 5.05. The molecule has 1 N–H and O–H groups in total. The zero-order chi connectivity index (χ0) is 22.6. The van der Waals surface area contributed by atoms with Gasteiger partial charge in [-0.25, -0.2) is 4.98 Å². The van der Waals surface area contributed by atoms with E-state index in [0.717, 1.165) is 59.0 Å². The Hall–Kier alpha value is -3.51. The Balaban J connectivity index is 1.47. The van der Waals surface area contributed by atoms with Gasteiger partial charge in [0.05, 0.1) is 11.3 Å². The SMILES string of the molecule is CCc1nnc2n1-c1cc(-c3ccccc3)c(-c3ccc([C@H]4C[C@@](C)(O)C4)cc3)nc1OC2. The normalized spacial score (nSPS) is 21.0. The molecule has 6 nitrogen and oxygen atoms in total. The molecule has 1 fully saturated rings. The predicted molar refractivity (Wildman–Crippen MR) is 126 cm³/mol. The van der Waals surface area contributed by atoms with Gasteiger partial charge in [0.25, 0.3) is 0 Å². The van der Waals surface area contributed by atoms with Crippen LogP contribution in [0.5, 0.6) is 5.88 Å². The molecular formula is C27H26N4O2. The van der Waals surface area contributed by atoms with Crippen molar-refractivity contribution in [3.63, 3.8) is 0 Å². The van der Waals surface area contributed by atoms with Gasteiger partial charge in [-0.15, -0.1) is 10.2 Å². The summed E-state index contributed by atoms with van der Waals surface area (Å²) in [7, 11) is 0. The van der Waals surface area contributed by atoms with Gasteiger partial charge in [0.1, 0.15) is 11.5 Å². The number of nitrogens with zero attached hydrogens (tertiary/aromatic N) is 4. The standard InChI is InChI=1S/C27H26N4O2/c1-3-23-29-30-24-16-33-26-22(31(23)24)13-21(18-7-5-4-6-8-18)25(28-26)19-11-9-17(10-12-19)20-14-27(2,32)15-20/h4-13,20,32H,3,14-16H2,1-2H3/t20-,27+. The lowest BCUT2D eigenvalue weighted by molar-refractivity contribution is -0.0313. The Morgan fingerprint density at radius 2 is 1.79 bits per heavy atom. The lowest BCUT2D eigenvalue weighted by Gasteiger charge is -2.41. The highest BCUT2D eigenvalue weighted by Crippen LogP contribution is 2.45. The Morgan fingerprint density at radius 3 is 2.48 bits per heavy atom. The summed E-state index contributed by atoms with van der Waals surface area (Å²) in [6, 6.07) is 21.1. The van der Waals surface area contributed by atoms with Crippen LogP contribution in [-0.2, 0) is 13.0 Å². The molecule has 0 bridgehead atoms. The van der Waals surface area contributed by atoms with E-state index >= 15 is 0 Å². The molecule has 2 aliphatic rings. The van der Waals surface area contributed by atoms with Crippen LogP contribution in [0.1, 0.15) is 49.8 Å². The molecule has 1 aliphatic heterocycles. The van der Waals surface area contributed by atoms with E-state index in [1.807, 2.05) is 25.1 Å². The largest absolute Gasteiger partial charge is 0.468 e. The summed E-state index contributed by atoms with van der Waals surface area (Å²) in [5, 5.41) is 18.7. The van der Waals surface area contributed by atoms with Crippen LogP contribution in [-0.4, -0.2) is 30.5 Å². The summed E-state index contributed by atoms with van der Waals surface area (Å²) in [5.41, 5.74) is 5.69. The van der Waals surface area contributed by atoms with E-state index in [1.54, 1.807) is 0 Å². The zero-order valence-corrected chi connectivity index (χ0v) is 18.8. The molecule has 1 saturated carbocycles. The summed E-state index contributed by atoms with van der Waals surface area (Å²) in [6.45, 7) is 4.35. The number of benzene rings is 2. The molecule has 1 aliphatic carbocycles. The number of pyridine rings is 1. The average Bonchev–Trinajstić information content (AvgIpc) is 3.26. The number of rotatable bonds is 4. The van der Waals surface area contributed by atoms with Crippen LogP contribution < -0.4 is 4.74 Å². The molecule has 166 valence electrons. The van der Waals surface area contributed by atoms with Crippen molar-refractivity contribution in [2.75, 3.05) is 0 Å². The third-order valence-corrected chi connectivity index (χ3v) is 6.77. The van der Waals surface area contributed by atoms with Gasteiger partial charge in [-0.2, -0.15) is 0 Å². The molecule has 0 radical (unpaired) electrons. The number of aliphatic hydroxyl groups is 1. The first kappa shape index (κ1) is 20.1. The van der Waals surface area contributed by atoms with Crippen LogP contribution in [0.4, 0.5) is 0 Å². The van der Waals surface area contributed by atoms with Crippen molar-refractivity contribution in [3.05, 3.63) is 77.9 Å². The molecule has 2 aromatic carbocycles. The van der Waals surface area contributed by atoms with Gasteiger partial charge < -0.3 is 9.84 Å². The van der Waals surface area contributed by atoms with Crippen LogP contribution in [0.15, 0.2) is 60.7 Å². The highest BCUT2D eigenvalue weighted by molar-refractivity contribution is 5.83. The number of aryl methyl sites for hydroxylation is 1. The second-order valence-electron chi connectivity index (χ2n) is 9.31. The van der Waals surface area contributed by atoms with Gasteiger partial charge in [-0.3, -0.25) is 4.57 Å². The Bertz CT molecular complexity index is 1300. The number of aromatic nitrogens is 4. The van der Waals surface area contributed by atoms with Crippen LogP contribution in [0.3, 0.4) is 0 Å². The first-order valence-electron chi connectivity index (χ1n) is 11.5. The molecule has 0 atom stereocenters. The van der Waals surface area contributed by atoms with Crippen molar-refractivity contribution in [1.29, 1.82) is 0 Å². The molecule has 6 rings (SSSR count). The summed E-state index contributed by atoms with van der Waals surface area (Å²) >= 11 is 0. The second kappa shape index (κ2) is 7.52. The van der Waals surface area contributed by atoms with Crippen LogP contribution >= 0.6 is 0 Å². The van der Waals surface area contributed by atoms with Gasteiger partial charge >= 0.3 is 0 Å². The van der Waals surface area contributed by atoms with Gasteiger partial charge in [-0.05, 0) is 42.9 Å². The fraction of sp³-hybridized carbons (Fsp3) is 0.296. The second-order valence-corrected chi connectivity index (χ2v) is 9.31. The number of ether oxygens (including phenoxy) is 1. The maximum atomic E-state index is 10.1. The first-order chi connectivity index (χ1) is 16.0. The third-order valence-electron chi connectivity index (χ3n) is 6.77. The van der Waals surface area contributed by atoms with Crippen molar-refractivity contribution < 1.29 is 9.84 Å². The minimum atomic E-state index is -0.528. The van der Waals surface area contributed by atoms with E-state index in [4.69, 9.17) is 9.72 Å². The van der Waals surface area contributed by atoms with E-state index in [0.29, 0.717) is 18.4 Å². The zero-order valence-electron chi connectivity index (χ0n) is 18.8. The Kier molecular flexibility index (Phi) is 4.59. The molecule has 0 saturated heterocycles. The summed E-state index contributed by atoms with van der Waals surface area (Å²) in [4.78, 5) is 5.01. The molecule has 3 heterocycles. The quantitative estimate of drug-likeness (QED) is 0.481. The Labute approximate surface area is 192 Å². The Morgan fingerprint density at radius 1 is 1.03 bits per heavy atom. The fourth-order valence-corrected chi connectivity index (χ4v) is 5.05. The molecule has 4 aromatic rings. The number of hydrogen-bond acceptors (Lipinski definition) is 5. The van der Waals surface area contributed by atoms with Gasteiger partial charge in [-0.1, -0.05) is 61.5 Å². The summed E-state index contributed by atoms with van der Waals surface area (Å²) in [5.74, 6) is 2.73. The topological polar surface area (TPSA) is 73.1 Å². The third kappa shape index (κ3) is 3.42. The minimum absolute atomic E-state index is 0.359. The molecule has 2 aromatic heterocycles. The van der Waals surface area contributed by atoms with Crippen LogP contribution in [0.25, 0.3) is 28.1 Å². The molecular weight excluding hydrogens is 412 g/mol. The summed E-state index contributed by atoms with van der Waals surface area (Å²) in [6.07, 6.45) is 2.41. The van der Waals surface area contributed by atoms with Crippen molar-refractivity contribution in [3.8, 4) is 34.0 Å². The van der Waals surface area contributed by atoms with Gasteiger partial charge in [0, 0.05) is 17.5 Å². The van der Waals surface area contributed by atoms with E-state index < -0.39 is 5.60 Å². The first-order valence-corrected chi connectivity index (χ1v) is 11.5. The highest BCUT2D eigenvalue weighted by atomic mass is 16.5. The van der Waals surface area contributed by atoms with Crippen LogP contribution in [0, 0.1) is 0 Å². The van der Waals surface area contributed by atoms with E-state index in [2.05, 4.69) is 64.2 Å². The highest BCUT2D eigenvalue weighted by Gasteiger charge is 2.39. The van der Waals surface area contributed by atoms with Crippen molar-refractivity contribution >= 4 is 0 Å². The molecule has 0 spiro atoms. The monoisotopic (exact) mass is 438 g/mol. The maximum absolute atomic E-state index is 10.1. The predicted octanol–water partition coefficient (Wildman–Crippen LogP) is 5.08. The minimum Gasteiger partial charge on any atom is -0.468 e. The maximum Gasteiger partial charge on any atom is 0.239 e. The van der Waals surface area contributed by atoms with Crippen molar-refractivity contribution in [2.24, 2.45) is 0 Å². The number of hydrogen-bond donors (Lipinski definition) is 1. The molecule has 0 unspecified atom stereocenters. The van der Waals surface area contributed by atoms with E-state index in [9.17, 15) is 5.11 Å².